The number of nitrogens with one attached hydrogen (secondary N) is 1. The van der Waals surface area contributed by atoms with E-state index in [0.29, 0.717) is 5.58 Å². The second-order valence-electron chi connectivity index (χ2n) is 2.81. The topological polar surface area (TPSA) is 54.1 Å². The van der Waals surface area contributed by atoms with Crippen molar-refractivity contribution in [3.8, 4) is 0 Å². The summed E-state index contributed by atoms with van der Waals surface area (Å²) in [6.07, 6.45) is 0. The van der Waals surface area contributed by atoms with Crippen LogP contribution in [0.3, 0.4) is 0 Å². The summed E-state index contributed by atoms with van der Waals surface area (Å²) < 4.78 is 4.91. The molecule has 0 bridgehead atoms. The fraction of sp³-hybridized carbons (Fsp3) is 0. The van der Waals surface area contributed by atoms with Gasteiger partial charge in [-0.3, -0.25) is 0 Å². The molecule has 0 spiro atoms. The Bertz CT molecular complexity index is 559. The van der Waals surface area contributed by atoms with Gasteiger partial charge in [-0.2, -0.15) is 0 Å². The third-order valence-corrected chi connectivity index (χ3v) is 2.36. The number of benzene rings is 1. The van der Waals surface area contributed by atoms with Crippen LogP contribution in [0.15, 0.2) is 34.7 Å². The first-order valence-corrected chi connectivity index (χ1v) is 4.83. The van der Waals surface area contributed by atoms with E-state index in [-0.39, 0.29) is 15.8 Å². The molecule has 0 aliphatic rings. The molecule has 4 heteroatoms. The van der Waals surface area contributed by atoms with E-state index >= 15 is 0 Å². The van der Waals surface area contributed by atoms with Crippen LogP contribution in [0.1, 0.15) is 10.4 Å². The first kappa shape index (κ1) is 9.19. The van der Waals surface area contributed by atoms with Gasteiger partial charge in [0, 0.05) is 0 Å². The average molecular weight is 251 g/mol. The minimum atomic E-state index is -0.274. The summed E-state index contributed by atoms with van der Waals surface area (Å²) in [5.74, 6) is 0. The molecule has 1 radical (unpaired) electrons. The summed E-state index contributed by atoms with van der Waals surface area (Å²) in [7, 11) is 0. The second-order valence-corrected chi connectivity index (χ2v) is 3.59. The van der Waals surface area contributed by atoms with Gasteiger partial charge in [0.15, 0.2) is 0 Å². The standard InChI is InChI=1S/C10H6NO2Se/c11-9-7(10(12)14)5-6-3-1-2-4-8(6)13-9/h1-5,11H. The number of hydrogen-bond donors (Lipinski definition) is 1. The van der Waals surface area contributed by atoms with Gasteiger partial charge in [0.05, 0.1) is 0 Å². The number of carbonyl (C=O) groups is 1. The number of hydrogen-bond acceptors (Lipinski definition) is 3. The Balaban J connectivity index is 2.84. The van der Waals surface area contributed by atoms with Gasteiger partial charge in [0.2, 0.25) is 0 Å². The molecule has 1 N–H and O–H groups in total. The van der Waals surface area contributed by atoms with Crippen molar-refractivity contribution in [2.45, 2.75) is 0 Å². The molecular formula is C10H6NO2Se. The first-order chi connectivity index (χ1) is 6.68. The molecule has 0 amide bonds. The molecule has 3 nitrogen and oxygen atoms in total. The van der Waals surface area contributed by atoms with E-state index in [1.807, 2.05) is 18.2 Å². The Morgan fingerprint density at radius 3 is 2.79 bits per heavy atom. The molecule has 1 aromatic carbocycles. The van der Waals surface area contributed by atoms with Crippen LogP contribution in [-0.4, -0.2) is 20.7 Å². The maximum atomic E-state index is 11.1. The van der Waals surface area contributed by atoms with Crippen LogP contribution in [0.25, 0.3) is 11.0 Å². The molecule has 0 aliphatic heterocycles. The molecule has 69 valence electrons. The third-order valence-electron chi connectivity index (χ3n) is 1.90. The zero-order chi connectivity index (χ0) is 10.1. The fourth-order valence-electron chi connectivity index (χ4n) is 1.23. The minimum absolute atomic E-state index is 0.104. The van der Waals surface area contributed by atoms with Crippen LogP contribution in [0, 0.1) is 5.41 Å². The summed E-state index contributed by atoms with van der Waals surface area (Å²) in [6, 6.07) is 8.94. The quantitative estimate of drug-likeness (QED) is 0.775. The first-order valence-electron chi connectivity index (χ1n) is 3.97. The van der Waals surface area contributed by atoms with Crippen LogP contribution in [-0.2, 0) is 0 Å². The number of fused-ring (bicyclic) bond motifs is 1. The molecule has 0 fully saturated rings. The zero-order valence-corrected chi connectivity index (χ0v) is 8.82. The van der Waals surface area contributed by atoms with Gasteiger partial charge in [-0.05, 0) is 0 Å². The van der Waals surface area contributed by atoms with E-state index < -0.39 is 0 Å². The monoisotopic (exact) mass is 252 g/mol. The summed E-state index contributed by atoms with van der Waals surface area (Å²) in [5.41, 5.74) is 0.777. The van der Waals surface area contributed by atoms with Crippen molar-refractivity contribution in [3.05, 3.63) is 41.4 Å². The predicted octanol–water partition coefficient (Wildman–Crippen LogP) is 1.22. The van der Waals surface area contributed by atoms with Crippen molar-refractivity contribution in [1.29, 1.82) is 5.41 Å². The third kappa shape index (κ3) is 1.50. The summed E-state index contributed by atoms with van der Waals surface area (Å²) in [5, 5.41) is 8.30. The van der Waals surface area contributed by atoms with Crippen LogP contribution >= 0.6 is 0 Å². The van der Waals surface area contributed by atoms with Crippen molar-refractivity contribution in [2.24, 2.45) is 0 Å². The fourth-order valence-corrected chi connectivity index (χ4v) is 1.55. The van der Waals surface area contributed by atoms with Gasteiger partial charge in [0.25, 0.3) is 0 Å². The normalized spacial score (nSPS) is 10.3. The Hall–Kier alpha value is -1.38. The zero-order valence-electron chi connectivity index (χ0n) is 7.11. The molecule has 0 saturated carbocycles. The summed E-state index contributed by atoms with van der Waals surface area (Å²) >= 11 is 2.34. The van der Waals surface area contributed by atoms with Crippen LogP contribution in [0.2, 0.25) is 0 Å². The average Bonchev–Trinajstić information content (AvgIpc) is 2.16. The predicted molar refractivity (Wildman–Crippen MR) is 52.2 cm³/mol. The van der Waals surface area contributed by atoms with E-state index in [1.54, 1.807) is 12.1 Å². The molecule has 2 aromatic rings. The summed E-state index contributed by atoms with van der Waals surface area (Å²) in [6.45, 7) is 0. The van der Waals surface area contributed by atoms with Gasteiger partial charge in [-0.1, -0.05) is 0 Å². The Labute approximate surface area is 88.1 Å². The van der Waals surface area contributed by atoms with Crippen molar-refractivity contribution in [2.75, 3.05) is 0 Å². The molecule has 0 saturated heterocycles. The SMILES string of the molecule is N=c1oc2ccccc2cc1C(=O)[Se]. The molecular weight excluding hydrogens is 245 g/mol. The van der Waals surface area contributed by atoms with E-state index in [2.05, 4.69) is 16.0 Å². The van der Waals surface area contributed by atoms with Crippen molar-refractivity contribution >= 4 is 31.7 Å². The molecule has 2 rings (SSSR count). The van der Waals surface area contributed by atoms with Gasteiger partial charge in [-0.15, -0.1) is 0 Å². The molecule has 0 atom stereocenters. The van der Waals surface area contributed by atoms with Crippen molar-refractivity contribution in [3.63, 3.8) is 0 Å². The molecule has 0 aliphatic carbocycles. The molecule has 14 heavy (non-hydrogen) atoms. The van der Waals surface area contributed by atoms with Crippen LogP contribution in [0.5, 0.6) is 0 Å². The maximum absolute atomic E-state index is 11.1. The molecule has 1 aromatic heterocycles. The van der Waals surface area contributed by atoms with E-state index in [1.165, 1.54) is 0 Å². The van der Waals surface area contributed by atoms with E-state index in [9.17, 15) is 4.79 Å². The van der Waals surface area contributed by atoms with Crippen molar-refractivity contribution < 1.29 is 9.21 Å². The Morgan fingerprint density at radius 2 is 2.07 bits per heavy atom. The second kappa shape index (κ2) is 3.40. The van der Waals surface area contributed by atoms with Gasteiger partial charge in [0.1, 0.15) is 0 Å². The molecule has 1 heterocycles. The van der Waals surface area contributed by atoms with Gasteiger partial charge in [-0.25, -0.2) is 0 Å². The Morgan fingerprint density at radius 1 is 1.36 bits per heavy atom. The number of para-hydroxylation sites is 1. The van der Waals surface area contributed by atoms with Gasteiger partial charge < -0.3 is 0 Å². The van der Waals surface area contributed by atoms with Gasteiger partial charge >= 0.3 is 87.7 Å². The van der Waals surface area contributed by atoms with E-state index in [4.69, 9.17) is 9.83 Å². The molecule has 0 unspecified atom stereocenters. The van der Waals surface area contributed by atoms with Crippen molar-refractivity contribution in [1.82, 2.24) is 0 Å². The van der Waals surface area contributed by atoms with Crippen LogP contribution in [0.4, 0.5) is 0 Å². The Kier molecular flexibility index (Phi) is 2.23. The van der Waals surface area contributed by atoms with E-state index in [0.717, 1.165) is 5.39 Å². The number of rotatable bonds is 1. The summed E-state index contributed by atoms with van der Waals surface area (Å²) in [4.78, 5) is 11.1. The van der Waals surface area contributed by atoms with Crippen LogP contribution < -0.4 is 5.55 Å². The number of carbonyl (C=O) groups excluding carboxylic acids is 1.